The average Bonchev–Trinajstić information content (AvgIpc) is 2.47. The van der Waals surface area contributed by atoms with Crippen LogP contribution < -0.4 is 0 Å². The van der Waals surface area contributed by atoms with Crippen molar-refractivity contribution in [1.29, 1.82) is 0 Å². The largest absolute Gasteiger partial charge is 0.480 e. The van der Waals surface area contributed by atoms with Crippen LogP contribution in [0, 0.1) is 0 Å². The van der Waals surface area contributed by atoms with Crippen LogP contribution >= 0.6 is 11.6 Å². The molecule has 2 aromatic carbocycles. The minimum absolute atomic E-state index is 0.534. The lowest BCUT2D eigenvalue weighted by atomic mass is 9.97. The highest BCUT2D eigenvalue weighted by molar-refractivity contribution is 7.84. The van der Waals surface area contributed by atoms with Gasteiger partial charge in [-0.1, -0.05) is 36.4 Å². The number of rotatable bonds is 4. The van der Waals surface area contributed by atoms with Gasteiger partial charge in [0.05, 0.1) is 0 Å². The zero-order valence-corrected chi connectivity index (χ0v) is 13.2. The zero-order chi connectivity index (χ0) is 15.6. The molecule has 0 spiro atoms. The van der Waals surface area contributed by atoms with Crippen LogP contribution in [0.4, 0.5) is 0 Å². The van der Waals surface area contributed by atoms with Crippen molar-refractivity contribution in [2.24, 2.45) is 0 Å². The SMILES string of the molecule is CS(=O)c1ccc(-c2ccc(C(C)(Cl)C(=O)O)cc2)cc1. The summed E-state index contributed by atoms with van der Waals surface area (Å²) in [7, 11) is -0.997. The molecule has 1 N–H and O–H groups in total. The Morgan fingerprint density at radius 1 is 1.05 bits per heavy atom. The molecule has 21 heavy (non-hydrogen) atoms. The van der Waals surface area contributed by atoms with E-state index in [9.17, 15) is 9.00 Å². The van der Waals surface area contributed by atoms with Crippen molar-refractivity contribution in [2.45, 2.75) is 16.7 Å². The number of carboxylic acid groups (broad SMARTS) is 1. The highest BCUT2D eigenvalue weighted by atomic mass is 35.5. The molecule has 0 aliphatic carbocycles. The highest BCUT2D eigenvalue weighted by Crippen LogP contribution is 2.30. The lowest BCUT2D eigenvalue weighted by Crippen LogP contribution is -2.25. The summed E-state index contributed by atoms with van der Waals surface area (Å²) in [6.45, 7) is 1.46. The van der Waals surface area contributed by atoms with Gasteiger partial charge in [0.15, 0.2) is 4.87 Å². The Hall–Kier alpha value is -1.65. The van der Waals surface area contributed by atoms with Crippen molar-refractivity contribution in [2.75, 3.05) is 6.26 Å². The van der Waals surface area contributed by atoms with Crippen molar-refractivity contribution in [1.82, 2.24) is 0 Å². The smallest absolute Gasteiger partial charge is 0.329 e. The summed E-state index contributed by atoms with van der Waals surface area (Å²) in [4.78, 5) is 10.5. The highest BCUT2D eigenvalue weighted by Gasteiger charge is 2.32. The molecule has 0 amide bonds. The number of carbonyl (C=O) groups is 1. The Balaban J connectivity index is 2.31. The van der Waals surface area contributed by atoms with Crippen LogP contribution in [0.5, 0.6) is 0 Å². The molecule has 0 saturated carbocycles. The third-order valence-corrected chi connectivity index (χ3v) is 4.66. The first-order chi connectivity index (χ1) is 9.82. The fourth-order valence-corrected chi connectivity index (χ4v) is 2.58. The molecule has 0 fully saturated rings. The van der Waals surface area contributed by atoms with E-state index in [4.69, 9.17) is 16.7 Å². The van der Waals surface area contributed by atoms with Gasteiger partial charge in [-0.05, 0) is 35.7 Å². The maximum Gasteiger partial charge on any atom is 0.329 e. The first-order valence-corrected chi connectivity index (χ1v) is 8.22. The molecule has 0 aliphatic heterocycles. The Morgan fingerprint density at radius 2 is 1.48 bits per heavy atom. The number of hydrogen-bond donors (Lipinski definition) is 1. The third kappa shape index (κ3) is 3.34. The lowest BCUT2D eigenvalue weighted by Gasteiger charge is -2.17. The second-order valence-corrected chi connectivity index (χ2v) is 7.00. The van der Waals surface area contributed by atoms with Crippen LogP contribution in [0.2, 0.25) is 0 Å². The molecule has 0 heterocycles. The summed E-state index contributed by atoms with van der Waals surface area (Å²) in [5.74, 6) is -1.08. The number of halogens is 1. The molecule has 2 atom stereocenters. The predicted octanol–water partition coefficient (Wildman–Crippen LogP) is 3.63. The lowest BCUT2D eigenvalue weighted by molar-refractivity contribution is -0.139. The molecule has 5 heteroatoms. The van der Waals surface area contributed by atoms with Gasteiger partial charge < -0.3 is 5.11 Å². The zero-order valence-electron chi connectivity index (χ0n) is 11.7. The van der Waals surface area contributed by atoms with Crippen molar-refractivity contribution >= 4 is 28.4 Å². The molecular formula is C16H15ClO3S. The second kappa shape index (κ2) is 6.00. The van der Waals surface area contributed by atoms with Gasteiger partial charge in [0.2, 0.25) is 0 Å². The van der Waals surface area contributed by atoms with Crippen LogP contribution in [-0.2, 0) is 20.5 Å². The first-order valence-electron chi connectivity index (χ1n) is 6.29. The number of hydrogen-bond acceptors (Lipinski definition) is 2. The summed E-state index contributed by atoms with van der Waals surface area (Å²) >= 11 is 6.02. The fraction of sp³-hybridized carbons (Fsp3) is 0.188. The molecule has 0 bridgehead atoms. The minimum atomic E-state index is -1.43. The molecule has 2 rings (SSSR count). The topological polar surface area (TPSA) is 54.4 Å². The van der Waals surface area contributed by atoms with Crippen molar-refractivity contribution in [3.05, 3.63) is 54.1 Å². The van der Waals surface area contributed by atoms with Crippen molar-refractivity contribution in [3.8, 4) is 11.1 Å². The van der Waals surface area contributed by atoms with Crippen LogP contribution in [0.25, 0.3) is 11.1 Å². The molecule has 0 saturated heterocycles. The normalized spacial score (nSPS) is 15.2. The van der Waals surface area contributed by atoms with Crippen molar-refractivity contribution < 1.29 is 14.1 Å². The molecule has 0 radical (unpaired) electrons. The Kier molecular flexibility index (Phi) is 4.49. The minimum Gasteiger partial charge on any atom is -0.480 e. The second-order valence-electron chi connectivity index (χ2n) is 4.86. The van der Waals surface area contributed by atoms with Gasteiger partial charge >= 0.3 is 5.97 Å². The van der Waals surface area contributed by atoms with Crippen LogP contribution in [0.3, 0.4) is 0 Å². The summed E-state index contributed by atoms with van der Waals surface area (Å²) in [5.41, 5.74) is 2.46. The van der Waals surface area contributed by atoms with E-state index >= 15 is 0 Å². The molecular weight excluding hydrogens is 308 g/mol. The number of alkyl halides is 1. The molecule has 2 unspecified atom stereocenters. The van der Waals surface area contributed by atoms with Gasteiger partial charge in [-0.25, -0.2) is 4.79 Å². The molecule has 2 aromatic rings. The van der Waals surface area contributed by atoms with E-state index in [1.165, 1.54) is 6.92 Å². The van der Waals surface area contributed by atoms with E-state index in [0.29, 0.717) is 5.56 Å². The first kappa shape index (κ1) is 15.7. The van der Waals surface area contributed by atoms with E-state index in [1.54, 1.807) is 18.4 Å². The van der Waals surface area contributed by atoms with Gasteiger partial charge in [0.25, 0.3) is 0 Å². The summed E-state index contributed by atoms with van der Waals surface area (Å²) < 4.78 is 11.4. The van der Waals surface area contributed by atoms with Crippen LogP contribution in [0.1, 0.15) is 12.5 Å². The van der Waals surface area contributed by atoms with E-state index < -0.39 is 21.6 Å². The standard InChI is InChI=1S/C16H15ClO3S/c1-16(17,15(18)19)13-7-3-11(4-8-13)12-5-9-14(10-6-12)21(2)20/h3-10H,1-2H3,(H,18,19). The summed E-state index contributed by atoms with van der Waals surface area (Å²) in [5, 5.41) is 9.10. The van der Waals surface area contributed by atoms with Gasteiger partial charge in [0, 0.05) is 22.0 Å². The average molecular weight is 323 g/mol. The predicted molar refractivity (Wildman–Crippen MR) is 85.1 cm³/mol. The molecule has 3 nitrogen and oxygen atoms in total. The van der Waals surface area contributed by atoms with Gasteiger partial charge in [-0.3, -0.25) is 4.21 Å². The van der Waals surface area contributed by atoms with E-state index in [1.807, 2.05) is 36.4 Å². The maximum absolute atomic E-state index is 11.4. The third-order valence-electron chi connectivity index (χ3n) is 3.35. The number of carboxylic acids is 1. The number of benzene rings is 2. The Morgan fingerprint density at radius 3 is 1.86 bits per heavy atom. The maximum atomic E-state index is 11.4. The molecule has 0 aliphatic rings. The van der Waals surface area contributed by atoms with Crippen LogP contribution in [-0.4, -0.2) is 21.5 Å². The number of aliphatic carboxylic acids is 1. The fourth-order valence-electron chi connectivity index (χ4n) is 1.94. The summed E-state index contributed by atoms with van der Waals surface area (Å²) in [6.07, 6.45) is 1.64. The van der Waals surface area contributed by atoms with Crippen molar-refractivity contribution in [3.63, 3.8) is 0 Å². The van der Waals surface area contributed by atoms with Crippen LogP contribution in [0.15, 0.2) is 53.4 Å². The Labute approximate surface area is 131 Å². The van der Waals surface area contributed by atoms with E-state index in [2.05, 4.69) is 0 Å². The van der Waals surface area contributed by atoms with E-state index in [-0.39, 0.29) is 0 Å². The van der Waals surface area contributed by atoms with Gasteiger partial charge in [-0.15, -0.1) is 11.6 Å². The van der Waals surface area contributed by atoms with Gasteiger partial charge in [-0.2, -0.15) is 0 Å². The quantitative estimate of drug-likeness (QED) is 0.874. The Bertz CT molecular complexity index is 676. The molecule has 110 valence electrons. The monoisotopic (exact) mass is 322 g/mol. The van der Waals surface area contributed by atoms with E-state index in [0.717, 1.165) is 16.0 Å². The molecule has 0 aromatic heterocycles. The van der Waals surface area contributed by atoms with Gasteiger partial charge in [0.1, 0.15) is 0 Å². The summed E-state index contributed by atoms with van der Waals surface area (Å²) in [6, 6.07) is 14.5.